The summed E-state index contributed by atoms with van der Waals surface area (Å²) in [5.74, 6) is 0. The van der Waals surface area contributed by atoms with Crippen molar-refractivity contribution in [1.29, 1.82) is 0 Å². The number of para-hydroxylation sites is 1. The molecule has 0 aliphatic carbocycles. The van der Waals surface area contributed by atoms with Crippen LogP contribution in [0.3, 0.4) is 0 Å². The van der Waals surface area contributed by atoms with E-state index in [1.165, 1.54) is 10.9 Å². The summed E-state index contributed by atoms with van der Waals surface area (Å²) in [7, 11) is 0. The summed E-state index contributed by atoms with van der Waals surface area (Å²) in [6.07, 6.45) is 2.82. The SMILES string of the molecule is Cl.ONCCc1c[nH]c2ccccc12. The third-order valence-corrected chi connectivity index (χ3v) is 2.18. The number of fused-ring (bicyclic) bond motifs is 1. The zero-order chi connectivity index (χ0) is 9.10. The minimum atomic E-state index is 0. The van der Waals surface area contributed by atoms with Gasteiger partial charge in [-0.05, 0) is 18.1 Å². The van der Waals surface area contributed by atoms with E-state index in [1.54, 1.807) is 0 Å². The maximum atomic E-state index is 8.48. The molecule has 0 amide bonds. The van der Waals surface area contributed by atoms with Gasteiger partial charge in [-0.2, -0.15) is 0 Å². The molecule has 1 aromatic heterocycles. The molecule has 0 radical (unpaired) electrons. The molecule has 0 spiro atoms. The first-order valence-corrected chi connectivity index (χ1v) is 4.34. The highest BCUT2D eigenvalue weighted by Gasteiger charge is 2.00. The van der Waals surface area contributed by atoms with Gasteiger partial charge in [0.25, 0.3) is 0 Å². The Labute approximate surface area is 88.5 Å². The fourth-order valence-corrected chi connectivity index (χ4v) is 1.53. The first-order chi connectivity index (χ1) is 6.42. The normalized spacial score (nSPS) is 10.1. The van der Waals surface area contributed by atoms with Crippen molar-refractivity contribution < 1.29 is 5.21 Å². The van der Waals surface area contributed by atoms with Crippen LogP contribution in [0, 0.1) is 0 Å². The predicted molar refractivity (Wildman–Crippen MR) is 59.0 cm³/mol. The summed E-state index contributed by atoms with van der Waals surface area (Å²) >= 11 is 0. The third-order valence-electron chi connectivity index (χ3n) is 2.18. The zero-order valence-electron chi connectivity index (χ0n) is 7.66. The molecular weight excluding hydrogens is 200 g/mol. The second-order valence-electron chi connectivity index (χ2n) is 3.02. The molecule has 14 heavy (non-hydrogen) atoms. The molecule has 0 aliphatic rings. The van der Waals surface area contributed by atoms with Gasteiger partial charge in [0, 0.05) is 23.6 Å². The number of nitrogens with one attached hydrogen (secondary N) is 2. The summed E-state index contributed by atoms with van der Waals surface area (Å²) < 4.78 is 0. The lowest BCUT2D eigenvalue weighted by atomic mass is 10.1. The molecule has 76 valence electrons. The highest BCUT2D eigenvalue weighted by Crippen LogP contribution is 2.17. The van der Waals surface area contributed by atoms with Gasteiger partial charge in [0.1, 0.15) is 0 Å². The third kappa shape index (κ3) is 2.07. The van der Waals surface area contributed by atoms with Crippen LogP contribution < -0.4 is 5.48 Å². The number of hydrogen-bond acceptors (Lipinski definition) is 2. The van der Waals surface area contributed by atoms with Gasteiger partial charge in [0.05, 0.1) is 0 Å². The van der Waals surface area contributed by atoms with Crippen molar-refractivity contribution in [1.82, 2.24) is 10.5 Å². The Morgan fingerprint density at radius 1 is 1.29 bits per heavy atom. The van der Waals surface area contributed by atoms with E-state index in [0.717, 1.165) is 11.9 Å². The molecule has 2 rings (SSSR count). The maximum absolute atomic E-state index is 8.48. The number of hydrogen-bond donors (Lipinski definition) is 3. The van der Waals surface area contributed by atoms with Gasteiger partial charge >= 0.3 is 0 Å². The van der Waals surface area contributed by atoms with E-state index in [4.69, 9.17) is 5.21 Å². The van der Waals surface area contributed by atoms with Crippen molar-refractivity contribution in [3.8, 4) is 0 Å². The molecule has 0 saturated heterocycles. The first-order valence-electron chi connectivity index (χ1n) is 4.34. The van der Waals surface area contributed by atoms with Gasteiger partial charge in [-0.3, -0.25) is 0 Å². The van der Waals surface area contributed by atoms with Gasteiger partial charge in [-0.25, -0.2) is 5.48 Å². The first kappa shape index (κ1) is 11.0. The second-order valence-corrected chi connectivity index (χ2v) is 3.02. The highest BCUT2D eigenvalue weighted by atomic mass is 35.5. The molecule has 1 aromatic carbocycles. The number of hydroxylamine groups is 1. The number of aromatic amines is 1. The largest absolute Gasteiger partial charge is 0.361 e. The van der Waals surface area contributed by atoms with Crippen LogP contribution in [0.25, 0.3) is 10.9 Å². The topological polar surface area (TPSA) is 48.0 Å². The van der Waals surface area contributed by atoms with Crippen LogP contribution in [0.15, 0.2) is 30.5 Å². The van der Waals surface area contributed by atoms with Crippen LogP contribution in [0.4, 0.5) is 0 Å². The lowest BCUT2D eigenvalue weighted by molar-refractivity contribution is 0.168. The molecule has 0 bridgehead atoms. The van der Waals surface area contributed by atoms with Crippen molar-refractivity contribution in [3.63, 3.8) is 0 Å². The van der Waals surface area contributed by atoms with Crippen molar-refractivity contribution >= 4 is 23.3 Å². The van der Waals surface area contributed by atoms with E-state index < -0.39 is 0 Å². The van der Waals surface area contributed by atoms with E-state index >= 15 is 0 Å². The molecule has 4 heteroatoms. The number of benzene rings is 1. The Morgan fingerprint density at radius 2 is 2.07 bits per heavy atom. The Bertz CT molecular complexity index is 400. The standard InChI is InChI=1S/C10H12N2O.ClH/c13-12-6-5-8-7-11-10-4-2-1-3-9(8)10;/h1-4,7,11-13H,5-6H2;1H. The van der Waals surface area contributed by atoms with E-state index in [-0.39, 0.29) is 12.4 Å². The van der Waals surface area contributed by atoms with Crippen molar-refractivity contribution in [3.05, 3.63) is 36.0 Å². The minimum Gasteiger partial charge on any atom is -0.361 e. The van der Waals surface area contributed by atoms with Gasteiger partial charge < -0.3 is 10.2 Å². The molecular formula is C10H13ClN2O. The van der Waals surface area contributed by atoms with E-state index in [0.29, 0.717) is 6.54 Å². The summed E-state index contributed by atoms with van der Waals surface area (Å²) in [5, 5.41) is 9.71. The average molecular weight is 213 g/mol. The number of aromatic nitrogens is 1. The van der Waals surface area contributed by atoms with Crippen LogP contribution in [-0.4, -0.2) is 16.7 Å². The summed E-state index contributed by atoms with van der Waals surface area (Å²) in [5.41, 5.74) is 4.54. The van der Waals surface area contributed by atoms with E-state index in [1.807, 2.05) is 24.4 Å². The maximum Gasteiger partial charge on any atom is 0.0456 e. The summed E-state index contributed by atoms with van der Waals surface area (Å²) in [6.45, 7) is 0.585. The zero-order valence-corrected chi connectivity index (χ0v) is 8.47. The monoisotopic (exact) mass is 212 g/mol. The molecule has 2 aromatic rings. The number of halogens is 1. The molecule has 0 atom stereocenters. The van der Waals surface area contributed by atoms with Gasteiger partial charge in [-0.1, -0.05) is 18.2 Å². The van der Waals surface area contributed by atoms with Crippen LogP contribution in [0.2, 0.25) is 0 Å². The lowest BCUT2D eigenvalue weighted by Crippen LogP contribution is -2.10. The predicted octanol–water partition coefficient (Wildman–Crippen LogP) is 2.11. The minimum absolute atomic E-state index is 0. The van der Waals surface area contributed by atoms with Crippen molar-refractivity contribution in [2.45, 2.75) is 6.42 Å². The fraction of sp³-hybridized carbons (Fsp3) is 0.200. The van der Waals surface area contributed by atoms with Crippen molar-refractivity contribution in [2.75, 3.05) is 6.54 Å². The Hall–Kier alpha value is -1.03. The van der Waals surface area contributed by atoms with Crippen molar-refractivity contribution in [2.24, 2.45) is 0 Å². The molecule has 0 unspecified atom stereocenters. The molecule has 1 heterocycles. The lowest BCUT2D eigenvalue weighted by Gasteiger charge is -1.96. The quantitative estimate of drug-likeness (QED) is 0.683. The van der Waals surface area contributed by atoms with E-state index in [2.05, 4.69) is 16.5 Å². The molecule has 0 fully saturated rings. The molecule has 3 N–H and O–H groups in total. The van der Waals surface area contributed by atoms with Crippen LogP contribution in [0.1, 0.15) is 5.56 Å². The Morgan fingerprint density at radius 3 is 2.86 bits per heavy atom. The highest BCUT2D eigenvalue weighted by molar-refractivity contribution is 5.85. The molecule has 0 saturated carbocycles. The van der Waals surface area contributed by atoms with Crippen LogP contribution >= 0.6 is 12.4 Å². The average Bonchev–Trinajstić information content (AvgIpc) is 2.58. The van der Waals surface area contributed by atoms with Gasteiger partial charge in [0.2, 0.25) is 0 Å². The van der Waals surface area contributed by atoms with Gasteiger partial charge in [0.15, 0.2) is 0 Å². The fourth-order valence-electron chi connectivity index (χ4n) is 1.53. The Balaban J connectivity index is 0.000000980. The second kappa shape index (κ2) is 5.00. The smallest absolute Gasteiger partial charge is 0.0456 e. The van der Waals surface area contributed by atoms with Gasteiger partial charge in [-0.15, -0.1) is 12.4 Å². The Kier molecular flexibility index (Phi) is 3.95. The molecule has 0 aliphatic heterocycles. The summed E-state index contributed by atoms with van der Waals surface area (Å²) in [6, 6.07) is 8.16. The van der Waals surface area contributed by atoms with Crippen LogP contribution in [0.5, 0.6) is 0 Å². The van der Waals surface area contributed by atoms with Crippen LogP contribution in [-0.2, 0) is 6.42 Å². The van der Waals surface area contributed by atoms with E-state index in [9.17, 15) is 0 Å². The summed E-state index contributed by atoms with van der Waals surface area (Å²) in [4.78, 5) is 3.19. The number of rotatable bonds is 3. The molecule has 3 nitrogen and oxygen atoms in total. The number of H-pyrrole nitrogens is 1.